The lowest BCUT2D eigenvalue weighted by Crippen LogP contribution is -2.43. The molecule has 2 saturated carbocycles. The lowest BCUT2D eigenvalue weighted by Gasteiger charge is -2.32. The van der Waals surface area contributed by atoms with E-state index in [0.717, 1.165) is 30.7 Å². The van der Waals surface area contributed by atoms with Crippen LogP contribution in [0.2, 0.25) is 0 Å². The lowest BCUT2D eigenvalue weighted by atomic mass is 9.89. The van der Waals surface area contributed by atoms with Crippen molar-refractivity contribution >= 4 is 33.0 Å². The fourth-order valence-corrected chi connectivity index (χ4v) is 5.15. The van der Waals surface area contributed by atoms with Crippen LogP contribution in [0.5, 0.6) is 0 Å². The molecule has 0 bridgehead atoms. The van der Waals surface area contributed by atoms with Crippen molar-refractivity contribution in [1.29, 1.82) is 5.41 Å². The smallest absolute Gasteiger partial charge is 0.365 e. The summed E-state index contributed by atoms with van der Waals surface area (Å²) in [7, 11) is -5.47. The molecule has 1 heterocycles. The van der Waals surface area contributed by atoms with E-state index in [9.17, 15) is 26.4 Å². The zero-order valence-corrected chi connectivity index (χ0v) is 19.8. The van der Waals surface area contributed by atoms with E-state index in [1.54, 1.807) is 0 Å². The minimum absolute atomic E-state index is 0.0485. The van der Waals surface area contributed by atoms with Gasteiger partial charge in [-0.2, -0.15) is 18.3 Å². The monoisotopic (exact) mass is 512 g/mol. The number of carbonyl (C=O) groups is 1. The molecule has 0 saturated heterocycles. The minimum Gasteiger partial charge on any atom is -0.365 e. The maximum Gasteiger partial charge on any atom is 0.501 e. The highest BCUT2D eigenvalue weighted by molar-refractivity contribution is 7.92. The zero-order chi connectivity index (χ0) is 25.5. The molecule has 1 aromatic carbocycles. The Morgan fingerprint density at radius 1 is 1.20 bits per heavy atom. The van der Waals surface area contributed by atoms with Gasteiger partial charge in [-0.25, -0.2) is 8.42 Å². The van der Waals surface area contributed by atoms with Crippen molar-refractivity contribution in [3.63, 3.8) is 0 Å². The van der Waals surface area contributed by atoms with Gasteiger partial charge in [-0.15, -0.1) is 0 Å². The molecular formula is C22H27F3N6O3S. The lowest BCUT2D eigenvalue weighted by molar-refractivity contribution is -0.0436. The number of aromatic nitrogens is 2. The van der Waals surface area contributed by atoms with Crippen molar-refractivity contribution in [3.8, 4) is 0 Å². The van der Waals surface area contributed by atoms with Gasteiger partial charge in [0.25, 0.3) is 15.7 Å². The average molecular weight is 513 g/mol. The van der Waals surface area contributed by atoms with E-state index in [-0.39, 0.29) is 29.2 Å². The van der Waals surface area contributed by atoms with Crippen LogP contribution in [-0.2, 0) is 9.84 Å². The van der Waals surface area contributed by atoms with E-state index in [4.69, 9.17) is 11.1 Å². The summed E-state index contributed by atoms with van der Waals surface area (Å²) < 4.78 is 62.9. The molecule has 1 aromatic heterocycles. The van der Waals surface area contributed by atoms with Crippen molar-refractivity contribution in [2.24, 2.45) is 11.7 Å². The Morgan fingerprint density at radius 2 is 1.86 bits per heavy atom. The summed E-state index contributed by atoms with van der Waals surface area (Å²) in [6, 6.07) is 4.20. The van der Waals surface area contributed by atoms with E-state index < -0.39 is 26.1 Å². The van der Waals surface area contributed by atoms with Gasteiger partial charge < -0.3 is 21.8 Å². The predicted octanol–water partition coefficient (Wildman–Crippen LogP) is 3.52. The normalized spacial score (nSPS) is 22.1. The third-order valence-electron chi connectivity index (χ3n) is 6.53. The molecule has 1 amide bonds. The minimum atomic E-state index is -5.47. The van der Waals surface area contributed by atoms with Gasteiger partial charge in [0.05, 0.1) is 10.9 Å². The largest absolute Gasteiger partial charge is 0.501 e. The van der Waals surface area contributed by atoms with Gasteiger partial charge in [0, 0.05) is 36.1 Å². The van der Waals surface area contributed by atoms with Crippen LogP contribution in [0.3, 0.4) is 0 Å². The first-order valence-corrected chi connectivity index (χ1v) is 12.8. The van der Waals surface area contributed by atoms with Gasteiger partial charge in [0.15, 0.2) is 5.82 Å². The average Bonchev–Trinajstić information content (AvgIpc) is 3.54. The second-order valence-electron chi connectivity index (χ2n) is 9.15. The summed E-state index contributed by atoms with van der Waals surface area (Å²) in [5.41, 5.74) is 0.820. The van der Waals surface area contributed by atoms with Gasteiger partial charge in [-0.3, -0.25) is 9.48 Å². The second kappa shape index (κ2) is 9.26. The molecule has 3 atom stereocenters. The molecule has 1 unspecified atom stereocenters. The number of rotatable bonds is 8. The molecular weight excluding hydrogens is 485 g/mol. The Kier molecular flexibility index (Phi) is 6.66. The van der Waals surface area contributed by atoms with Gasteiger partial charge >= 0.3 is 5.51 Å². The molecule has 35 heavy (non-hydrogen) atoms. The first-order valence-electron chi connectivity index (χ1n) is 11.3. The van der Waals surface area contributed by atoms with Crippen molar-refractivity contribution in [3.05, 3.63) is 36.0 Å². The van der Waals surface area contributed by atoms with Crippen LogP contribution in [-0.4, -0.2) is 47.4 Å². The Morgan fingerprint density at radius 3 is 2.40 bits per heavy atom. The number of nitrogens with one attached hydrogen (secondary N) is 3. The van der Waals surface area contributed by atoms with Crippen LogP contribution in [0.15, 0.2) is 35.4 Å². The van der Waals surface area contributed by atoms with Crippen LogP contribution in [0.25, 0.3) is 0 Å². The number of primary amides is 1. The Balaban J connectivity index is 1.48. The van der Waals surface area contributed by atoms with E-state index in [0.29, 0.717) is 30.5 Å². The summed E-state index contributed by atoms with van der Waals surface area (Å²) >= 11 is 0. The number of nitrogens with two attached hydrogens (primary N) is 1. The first kappa shape index (κ1) is 25.2. The van der Waals surface area contributed by atoms with Gasteiger partial charge in [-0.05, 0) is 62.8 Å². The van der Waals surface area contributed by atoms with Gasteiger partial charge in [0.1, 0.15) is 5.56 Å². The Labute approximate surface area is 200 Å². The van der Waals surface area contributed by atoms with Crippen molar-refractivity contribution < 1.29 is 26.4 Å². The number of benzene rings is 1. The SMILES string of the molecule is CC(N[C@@H]1CC[C@H](n2cc(C(N)=O)c(Nc3ccc(S(=O)(=O)C(F)(F)F)cc3)n2)C(=N)C1)C1CC1. The van der Waals surface area contributed by atoms with E-state index in [1.807, 2.05) is 0 Å². The number of alkyl halides is 3. The van der Waals surface area contributed by atoms with Crippen molar-refractivity contribution in [2.45, 2.75) is 67.6 Å². The summed E-state index contributed by atoms with van der Waals surface area (Å²) in [5.74, 6) is 0.0110. The summed E-state index contributed by atoms with van der Waals surface area (Å²) in [5, 5.41) is 19.3. The topological polar surface area (TPSA) is 143 Å². The molecule has 190 valence electrons. The number of anilines is 2. The molecule has 13 heteroatoms. The van der Waals surface area contributed by atoms with Crippen molar-refractivity contribution in [1.82, 2.24) is 15.1 Å². The molecule has 2 aliphatic carbocycles. The van der Waals surface area contributed by atoms with Crippen LogP contribution < -0.4 is 16.4 Å². The van der Waals surface area contributed by atoms with Crippen LogP contribution in [0.4, 0.5) is 24.7 Å². The van der Waals surface area contributed by atoms with Crippen LogP contribution >= 0.6 is 0 Å². The molecule has 0 spiro atoms. The number of sulfone groups is 1. The summed E-state index contributed by atoms with van der Waals surface area (Å²) in [6.45, 7) is 2.17. The van der Waals surface area contributed by atoms with E-state index in [1.165, 1.54) is 23.7 Å². The van der Waals surface area contributed by atoms with Crippen LogP contribution in [0.1, 0.15) is 55.4 Å². The highest BCUT2D eigenvalue weighted by Crippen LogP contribution is 2.35. The number of carbonyl (C=O) groups excluding carboxylic acids is 1. The van der Waals surface area contributed by atoms with Crippen molar-refractivity contribution in [2.75, 3.05) is 5.32 Å². The number of hydrogen-bond donors (Lipinski definition) is 4. The first-order chi connectivity index (χ1) is 16.4. The van der Waals surface area contributed by atoms with E-state index in [2.05, 4.69) is 22.7 Å². The Hall–Kier alpha value is -2.93. The molecule has 0 aliphatic heterocycles. The number of nitrogens with zero attached hydrogens (tertiary/aromatic N) is 2. The highest BCUT2D eigenvalue weighted by atomic mass is 32.2. The molecule has 4 rings (SSSR count). The highest BCUT2D eigenvalue weighted by Gasteiger charge is 2.46. The predicted molar refractivity (Wildman–Crippen MR) is 123 cm³/mol. The number of amides is 1. The molecule has 2 fully saturated rings. The molecule has 5 N–H and O–H groups in total. The maximum atomic E-state index is 12.8. The number of halogens is 3. The quantitative estimate of drug-likeness (QED) is 0.426. The fourth-order valence-electron chi connectivity index (χ4n) is 4.39. The zero-order valence-electron chi connectivity index (χ0n) is 19.0. The standard InChI is InChI=1S/C22H27F3N6O3S/c1-12(13-2-3-13)28-15-6-9-19(18(26)10-15)31-11-17(20(27)32)21(30-31)29-14-4-7-16(8-5-14)35(33,34)22(23,24)25/h4-5,7-8,11-13,15,19,26,28H,2-3,6,9-10H2,1H3,(H2,27,32)(H,29,30)/t12?,15-,19+/m1/s1. The molecule has 2 aromatic rings. The third-order valence-corrected chi connectivity index (χ3v) is 8.04. The van der Waals surface area contributed by atoms with Gasteiger partial charge in [0.2, 0.25) is 0 Å². The summed E-state index contributed by atoms with van der Waals surface area (Å²) in [6.07, 6.45) is 5.98. The Bertz CT molecular complexity index is 1220. The second-order valence-corrected chi connectivity index (χ2v) is 11.1. The number of hydrogen-bond acceptors (Lipinski definition) is 7. The molecule has 9 nitrogen and oxygen atoms in total. The molecule has 0 radical (unpaired) electrons. The van der Waals surface area contributed by atoms with E-state index >= 15 is 0 Å². The summed E-state index contributed by atoms with van der Waals surface area (Å²) in [4.78, 5) is 11.1. The van der Waals surface area contributed by atoms with Crippen LogP contribution in [0, 0.1) is 11.3 Å². The fraction of sp³-hybridized carbons (Fsp3) is 0.500. The maximum absolute atomic E-state index is 12.8. The van der Waals surface area contributed by atoms with Gasteiger partial charge in [-0.1, -0.05) is 0 Å². The third kappa shape index (κ3) is 5.35. The molecule has 2 aliphatic rings.